The lowest BCUT2D eigenvalue weighted by Crippen LogP contribution is -2.33. The first-order valence-corrected chi connectivity index (χ1v) is 12.1. The van der Waals surface area contributed by atoms with E-state index in [0.29, 0.717) is 11.3 Å². The number of esters is 1. The third-order valence-electron chi connectivity index (χ3n) is 5.94. The van der Waals surface area contributed by atoms with Gasteiger partial charge in [0, 0.05) is 29.3 Å². The lowest BCUT2D eigenvalue weighted by atomic mass is 9.89. The summed E-state index contributed by atoms with van der Waals surface area (Å²) in [4.78, 5) is 15.9. The van der Waals surface area contributed by atoms with Crippen molar-refractivity contribution < 1.29 is 19.7 Å². The number of aliphatic hydroxyl groups is 2. The van der Waals surface area contributed by atoms with Gasteiger partial charge in [0.05, 0.1) is 12.7 Å². The van der Waals surface area contributed by atoms with Crippen molar-refractivity contribution in [1.29, 1.82) is 0 Å². The van der Waals surface area contributed by atoms with Gasteiger partial charge in [-0.2, -0.15) is 0 Å². The van der Waals surface area contributed by atoms with Gasteiger partial charge >= 0.3 is 5.97 Å². The SMILES string of the molecule is CN(Cc1ccccc1)C[C@@H]1[C@@H](CCCc2ccc(C(=O)OCCO)s2)[C@H](Cl)C[C@H]1O. The maximum Gasteiger partial charge on any atom is 0.348 e. The predicted octanol–water partition coefficient (Wildman–Crippen LogP) is 3.96. The first kappa shape index (κ1) is 24.2. The maximum absolute atomic E-state index is 11.9. The predicted molar refractivity (Wildman–Crippen MR) is 125 cm³/mol. The van der Waals surface area contributed by atoms with Crippen molar-refractivity contribution in [3.05, 3.63) is 57.8 Å². The molecule has 7 heteroatoms. The van der Waals surface area contributed by atoms with Crippen LogP contribution in [0.25, 0.3) is 0 Å². The Bertz CT molecular complexity index is 815. The summed E-state index contributed by atoms with van der Waals surface area (Å²) < 4.78 is 4.97. The molecule has 0 amide bonds. The standard InChI is InChI=1S/C24H32ClNO4S/c1-26(15-17-6-3-2-4-7-17)16-20-19(21(25)14-22(20)28)9-5-8-18-10-11-23(31-18)24(29)30-13-12-27/h2-4,6-7,10-11,19-22,27-28H,5,8-9,12-16H2,1H3/t19-,20-,21-,22-/m1/s1. The highest BCUT2D eigenvalue weighted by Crippen LogP contribution is 2.40. The highest BCUT2D eigenvalue weighted by Gasteiger charge is 2.41. The molecule has 1 aromatic carbocycles. The van der Waals surface area contributed by atoms with Crippen LogP contribution in [0.15, 0.2) is 42.5 Å². The molecule has 1 aromatic heterocycles. The van der Waals surface area contributed by atoms with Crippen LogP contribution < -0.4 is 0 Å². The zero-order chi connectivity index (χ0) is 22.2. The van der Waals surface area contributed by atoms with Crippen LogP contribution in [-0.2, 0) is 17.7 Å². The van der Waals surface area contributed by atoms with Crippen LogP contribution in [0.5, 0.6) is 0 Å². The molecular formula is C24H32ClNO4S. The van der Waals surface area contributed by atoms with E-state index in [-0.39, 0.29) is 42.5 Å². The Morgan fingerprint density at radius 1 is 1.23 bits per heavy atom. The van der Waals surface area contributed by atoms with Gasteiger partial charge in [-0.3, -0.25) is 0 Å². The number of hydrogen-bond acceptors (Lipinski definition) is 6. The molecule has 31 heavy (non-hydrogen) atoms. The minimum atomic E-state index is -0.383. The smallest absolute Gasteiger partial charge is 0.348 e. The lowest BCUT2D eigenvalue weighted by molar-refractivity contribution is 0.0439. The molecule has 0 saturated heterocycles. The summed E-state index contributed by atoms with van der Waals surface area (Å²) in [5.41, 5.74) is 1.27. The second-order valence-corrected chi connectivity index (χ2v) is 10.1. The van der Waals surface area contributed by atoms with Crippen molar-refractivity contribution >= 4 is 28.9 Å². The number of nitrogens with zero attached hydrogens (tertiary/aromatic N) is 1. The van der Waals surface area contributed by atoms with Gasteiger partial charge in [-0.15, -0.1) is 22.9 Å². The zero-order valence-corrected chi connectivity index (χ0v) is 19.5. The third kappa shape index (κ3) is 7.02. The highest BCUT2D eigenvalue weighted by molar-refractivity contribution is 7.13. The number of halogens is 1. The van der Waals surface area contributed by atoms with Crippen LogP contribution >= 0.6 is 22.9 Å². The van der Waals surface area contributed by atoms with E-state index in [9.17, 15) is 9.90 Å². The Hall–Kier alpha value is -1.44. The van der Waals surface area contributed by atoms with E-state index in [0.717, 1.165) is 37.2 Å². The maximum atomic E-state index is 11.9. The second-order valence-electron chi connectivity index (χ2n) is 8.35. The average molecular weight is 466 g/mol. The van der Waals surface area contributed by atoms with E-state index in [1.165, 1.54) is 16.9 Å². The Labute approximate surface area is 193 Å². The van der Waals surface area contributed by atoms with E-state index in [1.54, 1.807) is 6.07 Å². The first-order valence-electron chi connectivity index (χ1n) is 10.9. The summed E-state index contributed by atoms with van der Waals surface area (Å²) in [6, 6.07) is 14.1. The molecule has 0 spiro atoms. The molecule has 3 rings (SSSR count). The monoisotopic (exact) mass is 465 g/mol. The van der Waals surface area contributed by atoms with Gasteiger partial charge in [-0.25, -0.2) is 4.79 Å². The summed E-state index contributed by atoms with van der Waals surface area (Å²) in [5.74, 6) is 0.0685. The van der Waals surface area contributed by atoms with E-state index in [1.807, 2.05) is 24.3 Å². The summed E-state index contributed by atoms with van der Waals surface area (Å²) in [5, 5.41) is 19.4. The van der Waals surface area contributed by atoms with Crippen LogP contribution in [-0.4, -0.2) is 59.4 Å². The average Bonchev–Trinajstić information content (AvgIpc) is 3.32. The summed E-state index contributed by atoms with van der Waals surface area (Å²) >= 11 is 8.07. The Kier molecular flexibility index (Phi) is 9.35. The summed E-state index contributed by atoms with van der Waals surface area (Å²) in [7, 11) is 2.10. The minimum Gasteiger partial charge on any atom is -0.459 e. The Morgan fingerprint density at radius 3 is 2.74 bits per heavy atom. The number of thiophene rings is 1. The van der Waals surface area contributed by atoms with Gasteiger partial charge in [-0.05, 0) is 56.3 Å². The van der Waals surface area contributed by atoms with E-state index >= 15 is 0 Å². The number of aryl methyl sites for hydroxylation is 1. The van der Waals surface area contributed by atoms with E-state index < -0.39 is 0 Å². The van der Waals surface area contributed by atoms with Crippen LogP contribution in [0.2, 0.25) is 0 Å². The molecule has 170 valence electrons. The Morgan fingerprint density at radius 2 is 2.00 bits per heavy atom. The summed E-state index contributed by atoms with van der Waals surface area (Å²) in [6.07, 6.45) is 3.08. The zero-order valence-electron chi connectivity index (χ0n) is 18.0. The van der Waals surface area contributed by atoms with Gasteiger partial charge in [0.25, 0.3) is 0 Å². The second kappa shape index (κ2) is 12.0. The largest absolute Gasteiger partial charge is 0.459 e. The van der Waals surface area contributed by atoms with Crippen LogP contribution in [0.1, 0.15) is 39.4 Å². The van der Waals surface area contributed by atoms with E-state index in [2.05, 4.69) is 24.1 Å². The minimum absolute atomic E-state index is 0.00233. The van der Waals surface area contributed by atoms with Gasteiger partial charge in [0.2, 0.25) is 0 Å². The molecule has 4 atom stereocenters. The van der Waals surface area contributed by atoms with Crippen LogP contribution in [0.3, 0.4) is 0 Å². The van der Waals surface area contributed by atoms with Crippen molar-refractivity contribution in [2.24, 2.45) is 11.8 Å². The fourth-order valence-corrected chi connectivity index (χ4v) is 5.89. The molecular weight excluding hydrogens is 434 g/mol. The topological polar surface area (TPSA) is 70.0 Å². The van der Waals surface area contributed by atoms with Gasteiger partial charge in [0.1, 0.15) is 11.5 Å². The van der Waals surface area contributed by atoms with Gasteiger partial charge in [0.15, 0.2) is 0 Å². The molecule has 0 bridgehead atoms. The molecule has 2 aromatic rings. The molecule has 1 heterocycles. The number of rotatable bonds is 11. The molecule has 1 fully saturated rings. The van der Waals surface area contributed by atoms with Gasteiger partial charge in [-0.1, -0.05) is 30.3 Å². The van der Waals surface area contributed by atoms with Crippen molar-refractivity contribution in [3.63, 3.8) is 0 Å². The number of benzene rings is 1. The number of carbonyl (C=O) groups excluding carboxylic acids is 1. The number of alkyl halides is 1. The fraction of sp³-hybridized carbons (Fsp3) is 0.542. The Balaban J connectivity index is 1.50. The quantitative estimate of drug-likeness (QED) is 0.388. The van der Waals surface area contributed by atoms with Crippen molar-refractivity contribution in [1.82, 2.24) is 4.90 Å². The molecule has 0 unspecified atom stereocenters. The summed E-state index contributed by atoms with van der Waals surface area (Å²) in [6.45, 7) is 1.53. The number of ether oxygens (including phenoxy) is 1. The lowest BCUT2D eigenvalue weighted by Gasteiger charge is -2.28. The molecule has 1 saturated carbocycles. The molecule has 0 radical (unpaired) electrons. The normalized spacial score (nSPS) is 23.4. The number of carbonyl (C=O) groups is 1. The van der Waals surface area contributed by atoms with Crippen molar-refractivity contribution in [2.45, 2.75) is 43.7 Å². The highest BCUT2D eigenvalue weighted by atomic mass is 35.5. The number of hydrogen-bond donors (Lipinski definition) is 2. The first-order chi connectivity index (χ1) is 15.0. The number of aliphatic hydroxyl groups excluding tert-OH is 2. The molecule has 2 N–H and O–H groups in total. The molecule has 0 aliphatic heterocycles. The molecule has 1 aliphatic carbocycles. The third-order valence-corrected chi connectivity index (χ3v) is 7.57. The van der Waals surface area contributed by atoms with Crippen molar-refractivity contribution in [3.8, 4) is 0 Å². The fourth-order valence-electron chi connectivity index (χ4n) is 4.45. The van der Waals surface area contributed by atoms with Crippen LogP contribution in [0.4, 0.5) is 0 Å². The molecule has 5 nitrogen and oxygen atoms in total. The van der Waals surface area contributed by atoms with E-state index in [4.69, 9.17) is 21.4 Å². The van der Waals surface area contributed by atoms with Crippen LogP contribution in [0, 0.1) is 11.8 Å². The molecule has 1 aliphatic rings. The van der Waals surface area contributed by atoms with Gasteiger partial charge < -0.3 is 19.8 Å². The van der Waals surface area contributed by atoms with Crippen molar-refractivity contribution in [2.75, 3.05) is 26.8 Å².